The van der Waals surface area contributed by atoms with Crippen molar-refractivity contribution >= 4 is 69.5 Å². The summed E-state index contributed by atoms with van der Waals surface area (Å²) in [5.74, 6) is 0.691. The molecule has 3 atom stereocenters. The Balaban J connectivity index is 0.000000134. The molecule has 3 saturated heterocycles. The lowest BCUT2D eigenvalue weighted by Gasteiger charge is -2.29. The summed E-state index contributed by atoms with van der Waals surface area (Å²) in [7, 11) is -0.535. The second-order valence-corrected chi connectivity index (χ2v) is 20.4. The monoisotopic (exact) mass is 990 g/mol. The smallest absolute Gasteiger partial charge is 0.376 e. The fourth-order valence-corrected chi connectivity index (χ4v) is 11.4. The number of aromatic nitrogens is 3. The Morgan fingerprint density at radius 3 is 1.18 bits per heavy atom. The van der Waals surface area contributed by atoms with Gasteiger partial charge in [0.2, 0.25) is 0 Å². The average molecular weight is 991 g/mol. The molecule has 0 radical (unpaired) electrons. The third-order valence-electron chi connectivity index (χ3n) is 15.4. The highest BCUT2D eigenvalue weighted by molar-refractivity contribution is 6.45. The summed E-state index contributed by atoms with van der Waals surface area (Å²) in [6.07, 6.45) is 10.6. The number of hydrogen-bond acceptors (Lipinski definition) is 7. The quantitative estimate of drug-likeness (QED) is 0.0498. The molecular weight excluding hydrogens is 927 g/mol. The molecule has 12 rings (SSSR count). The lowest BCUT2D eigenvalue weighted by Crippen LogP contribution is -2.41. The first-order valence-corrected chi connectivity index (χ1v) is 25.4. The molecule has 0 saturated carbocycles. The maximum atomic E-state index is 13.6. The predicted octanol–water partition coefficient (Wildman–Crippen LogP) is 11.0. The normalized spacial score (nSPS) is 20.5. The number of carbonyl (C=O) groups is 3. The molecule has 3 fully saturated rings. The van der Waals surface area contributed by atoms with Crippen LogP contribution in [0.25, 0.3) is 32.7 Å². The van der Waals surface area contributed by atoms with Crippen LogP contribution in [0.4, 0.5) is 0 Å². The molecule has 0 aliphatic carbocycles. The number of carbonyl (C=O) groups excluding carboxylic acids is 3. The number of hydrogen-bond donors (Lipinski definition) is 6. The lowest BCUT2D eigenvalue weighted by atomic mass is 9.74. The van der Waals surface area contributed by atoms with E-state index in [0.717, 1.165) is 120 Å². The van der Waals surface area contributed by atoms with Crippen LogP contribution in [0.2, 0.25) is 6.82 Å². The highest BCUT2D eigenvalue weighted by Crippen LogP contribution is 2.39. The minimum Gasteiger partial charge on any atom is -0.437 e. The van der Waals surface area contributed by atoms with Crippen molar-refractivity contribution in [3.8, 4) is 0 Å². The summed E-state index contributed by atoms with van der Waals surface area (Å²) in [6.45, 7) is 6.43. The van der Waals surface area contributed by atoms with E-state index in [4.69, 9.17) is 0 Å². The van der Waals surface area contributed by atoms with Gasteiger partial charge in [-0.25, -0.2) is 0 Å². The molecule has 0 unspecified atom stereocenters. The topological polar surface area (TPSA) is 146 Å². The van der Waals surface area contributed by atoms with Crippen LogP contribution in [0.15, 0.2) is 182 Å². The number of rotatable bonds is 13. The Labute approximate surface area is 433 Å². The maximum absolute atomic E-state index is 13.6. The first-order chi connectivity index (χ1) is 35.1. The zero-order valence-corrected chi connectivity index (χ0v) is 42.2. The second-order valence-electron chi connectivity index (χ2n) is 20.4. The summed E-state index contributed by atoms with van der Waals surface area (Å²) in [6, 6.07) is 54.7. The number of halogens is 1. The van der Waals surface area contributed by atoms with Gasteiger partial charge < -0.3 is 35.4 Å². The highest BCUT2D eigenvalue weighted by Gasteiger charge is 2.46. The molecule has 10 nitrogen and oxygen atoms in total. The molecular formula is C61H64BClN6O4. The third-order valence-corrected chi connectivity index (χ3v) is 15.4. The first-order valence-electron chi connectivity index (χ1n) is 25.4. The van der Waals surface area contributed by atoms with Gasteiger partial charge in [0, 0.05) is 87.6 Å². The largest absolute Gasteiger partial charge is 0.437 e. The average Bonchev–Trinajstić information content (AvgIpc) is 4.29. The van der Waals surface area contributed by atoms with Crippen molar-refractivity contribution in [2.45, 2.75) is 45.3 Å². The molecule has 9 aromatic rings. The van der Waals surface area contributed by atoms with Gasteiger partial charge in [0.25, 0.3) is 0 Å². The SMILES string of the molecule is CB(O)N1CC[C@@](Cc2ccccc2)(C(=O)c2ccc3[nH]ccc3c2)C1.Cl.O=C(c1ccc2[nH]ccc2c1)[C@@]1(Cc2ccccc2)CCNC1.O=C(c1ccc2[nH]ccc2c1)[C@]1(Cc2ccccc2)CCNC1. The van der Waals surface area contributed by atoms with E-state index in [1.54, 1.807) is 6.82 Å². The number of aromatic amines is 3. The molecule has 3 aliphatic heterocycles. The molecule has 73 heavy (non-hydrogen) atoms. The van der Waals surface area contributed by atoms with E-state index in [2.05, 4.69) is 62.0 Å². The summed E-state index contributed by atoms with van der Waals surface area (Å²) >= 11 is 0. The van der Waals surface area contributed by atoms with Crippen LogP contribution in [0.1, 0.15) is 67.0 Å². The zero-order chi connectivity index (χ0) is 49.5. The van der Waals surface area contributed by atoms with Gasteiger partial charge in [-0.1, -0.05) is 91.0 Å². The molecule has 3 aromatic heterocycles. The van der Waals surface area contributed by atoms with E-state index in [9.17, 15) is 19.4 Å². The maximum Gasteiger partial charge on any atom is 0.376 e. The van der Waals surface area contributed by atoms with Crippen molar-refractivity contribution in [1.82, 2.24) is 30.4 Å². The van der Waals surface area contributed by atoms with Crippen molar-refractivity contribution in [2.75, 3.05) is 39.3 Å². The molecule has 6 aromatic carbocycles. The van der Waals surface area contributed by atoms with Gasteiger partial charge >= 0.3 is 7.05 Å². The number of ketones is 3. The van der Waals surface area contributed by atoms with Crippen molar-refractivity contribution in [1.29, 1.82) is 0 Å². The van der Waals surface area contributed by atoms with Crippen molar-refractivity contribution in [3.63, 3.8) is 0 Å². The van der Waals surface area contributed by atoms with E-state index in [1.165, 1.54) is 11.1 Å². The fourth-order valence-electron chi connectivity index (χ4n) is 11.4. The number of nitrogens with zero attached hydrogens (tertiary/aromatic N) is 1. The summed E-state index contributed by atoms with van der Waals surface area (Å²) in [5, 5.41) is 20.0. The zero-order valence-electron chi connectivity index (χ0n) is 41.4. The Hall–Kier alpha value is -6.86. The Morgan fingerprint density at radius 2 is 0.849 bits per heavy atom. The Morgan fingerprint density at radius 1 is 0.493 bits per heavy atom. The molecule has 6 N–H and O–H groups in total. The standard InChI is InChI=1S/C21H23BN2O2.2C20H20N2O.ClH/c1-22(26)24-12-10-21(15-24,14-16-5-3-2-4-6-16)20(25)18-7-8-19-17(13-18)9-11-23-19;2*23-19(17-6-7-18-16(12-17)8-10-22-18)20(9-11-21-14-20)13-15-4-2-1-3-5-15;/h2-9,11,13,23,26H,10,12,14-15H2,1H3;2*1-8,10,12,21-22H,9,11,13-14H2;1H/t21-;2*20-;/m010./s1. The third kappa shape index (κ3) is 11.2. The first kappa shape index (κ1) is 51.1. The van der Waals surface area contributed by atoms with Gasteiger partial charge in [0.15, 0.2) is 17.3 Å². The molecule has 6 heterocycles. The van der Waals surface area contributed by atoms with Crippen LogP contribution in [0, 0.1) is 16.2 Å². The molecule has 12 heteroatoms. The van der Waals surface area contributed by atoms with Crippen LogP contribution in [-0.2, 0) is 19.3 Å². The van der Waals surface area contributed by atoms with E-state index in [1.807, 2.05) is 151 Å². The van der Waals surface area contributed by atoms with Gasteiger partial charge in [0.1, 0.15) is 0 Å². The summed E-state index contributed by atoms with van der Waals surface area (Å²) < 4.78 is 0. The summed E-state index contributed by atoms with van der Waals surface area (Å²) in [5.41, 5.74) is 8.03. The number of nitrogens with one attached hydrogen (secondary N) is 5. The van der Waals surface area contributed by atoms with Crippen LogP contribution < -0.4 is 10.6 Å². The van der Waals surface area contributed by atoms with E-state index in [0.29, 0.717) is 13.0 Å². The van der Waals surface area contributed by atoms with E-state index in [-0.39, 0.29) is 40.6 Å². The molecule has 0 bridgehead atoms. The highest BCUT2D eigenvalue weighted by atomic mass is 35.5. The number of Topliss-reactive ketones (excluding diaryl/α,β-unsaturated/α-hetero) is 3. The van der Waals surface area contributed by atoms with E-state index < -0.39 is 12.5 Å². The van der Waals surface area contributed by atoms with Crippen LogP contribution >= 0.6 is 12.4 Å². The predicted molar refractivity (Wildman–Crippen MR) is 298 cm³/mol. The van der Waals surface area contributed by atoms with Gasteiger partial charge in [-0.05, 0) is 154 Å². The van der Waals surface area contributed by atoms with E-state index >= 15 is 0 Å². The Kier molecular flexibility index (Phi) is 15.7. The van der Waals surface area contributed by atoms with Crippen LogP contribution in [0.3, 0.4) is 0 Å². The van der Waals surface area contributed by atoms with Crippen molar-refractivity contribution in [2.24, 2.45) is 16.2 Å². The number of fused-ring (bicyclic) bond motifs is 3. The van der Waals surface area contributed by atoms with Gasteiger partial charge in [-0.15, -0.1) is 12.4 Å². The second kappa shape index (κ2) is 22.5. The van der Waals surface area contributed by atoms with Gasteiger partial charge in [0.05, 0.1) is 16.2 Å². The minimum absolute atomic E-state index is 0. The number of benzene rings is 6. The molecule has 0 spiro atoms. The Bertz CT molecular complexity index is 3140. The molecule has 0 amide bonds. The van der Waals surface area contributed by atoms with Crippen LogP contribution in [-0.4, -0.2) is 88.5 Å². The van der Waals surface area contributed by atoms with Crippen molar-refractivity contribution < 1.29 is 19.4 Å². The van der Waals surface area contributed by atoms with Gasteiger partial charge in [-0.3, -0.25) is 14.4 Å². The van der Waals surface area contributed by atoms with Gasteiger partial charge in [-0.2, -0.15) is 0 Å². The lowest BCUT2D eigenvalue weighted by molar-refractivity contribution is 0.0803. The summed E-state index contributed by atoms with van der Waals surface area (Å²) in [4.78, 5) is 51.7. The number of H-pyrrole nitrogens is 3. The molecule has 3 aliphatic rings. The van der Waals surface area contributed by atoms with Crippen LogP contribution in [0.5, 0.6) is 0 Å². The fraction of sp³-hybridized carbons (Fsp3) is 0.262. The molecule has 372 valence electrons. The van der Waals surface area contributed by atoms with Crippen molar-refractivity contribution in [3.05, 3.63) is 216 Å². The minimum atomic E-state index is -0.535.